The van der Waals surface area contributed by atoms with Crippen LogP contribution >= 0.6 is 11.3 Å². The molecule has 0 amide bonds. The number of methoxy groups -OCH3 is 1. The molecule has 0 aliphatic heterocycles. The topological polar surface area (TPSA) is 111 Å². The minimum absolute atomic E-state index is 0.0919. The lowest BCUT2D eigenvalue weighted by Crippen LogP contribution is -2.17. The fourth-order valence-electron chi connectivity index (χ4n) is 1.48. The number of aromatic nitrogens is 1. The number of benzene rings is 1. The Morgan fingerprint density at radius 2 is 2.20 bits per heavy atom. The molecule has 20 heavy (non-hydrogen) atoms. The normalized spacial score (nSPS) is 11.1. The highest BCUT2D eigenvalue weighted by molar-refractivity contribution is 7.93. The molecule has 0 aliphatic rings. The fourth-order valence-corrected chi connectivity index (χ4v) is 3.50. The van der Waals surface area contributed by atoms with E-state index in [9.17, 15) is 13.2 Å². The van der Waals surface area contributed by atoms with Gasteiger partial charge in [0.15, 0.2) is 5.13 Å². The molecule has 3 N–H and O–H groups in total. The highest BCUT2D eigenvalue weighted by Gasteiger charge is 2.24. The number of esters is 1. The van der Waals surface area contributed by atoms with Gasteiger partial charge in [0.25, 0.3) is 10.0 Å². The number of nitrogen functional groups attached to an aromatic ring is 1. The van der Waals surface area contributed by atoms with Crippen molar-refractivity contribution in [3.8, 4) is 0 Å². The van der Waals surface area contributed by atoms with Gasteiger partial charge in [-0.25, -0.2) is 18.2 Å². The summed E-state index contributed by atoms with van der Waals surface area (Å²) in [6.07, 6.45) is 1.46. The van der Waals surface area contributed by atoms with Crippen LogP contribution < -0.4 is 10.5 Å². The van der Waals surface area contributed by atoms with Crippen LogP contribution in [-0.4, -0.2) is 26.5 Å². The van der Waals surface area contributed by atoms with E-state index in [-0.39, 0.29) is 21.3 Å². The molecule has 2 rings (SSSR count). The predicted octanol–water partition coefficient (Wildman–Crippen LogP) is 1.31. The molecule has 106 valence electrons. The van der Waals surface area contributed by atoms with Crippen molar-refractivity contribution in [2.75, 3.05) is 17.6 Å². The van der Waals surface area contributed by atoms with Crippen molar-refractivity contribution in [3.63, 3.8) is 0 Å². The summed E-state index contributed by atoms with van der Waals surface area (Å²) in [6, 6.07) is 3.93. The van der Waals surface area contributed by atoms with E-state index in [0.717, 1.165) is 11.3 Å². The molecule has 9 heteroatoms. The van der Waals surface area contributed by atoms with E-state index in [2.05, 4.69) is 14.4 Å². The lowest BCUT2D eigenvalue weighted by molar-refractivity contribution is 0.0596. The first kappa shape index (κ1) is 14.3. The summed E-state index contributed by atoms with van der Waals surface area (Å²) >= 11 is 1.12. The second-order valence-corrected chi connectivity index (χ2v) is 6.24. The molecular weight excluding hydrogens is 302 g/mol. The summed E-state index contributed by atoms with van der Waals surface area (Å²) in [5.41, 5.74) is 5.71. The number of nitrogens with zero attached hydrogens (tertiary/aromatic N) is 1. The maximum absolute atomic E-state index is 12.3. The fraction of sp³-hybridized carbons (Fsp3) is 0.0909. The van der Waals surface area contributed by atoms with Gasteiger partial charge in [0.1, 0.15) is 4.90 Å². The van der Waals surface area contributed by atoms with Crippen molar-refractivity contribution in [2.24, 2.45) is 0 Å². The van der Waals surface area contributed by atoms with Crippen LogP contribution in [0.3, 0.4) is 0 Å². The number of carbonyl (C=O) groups is 1. The van der Waals surface area contributed by atoms with Gasteiger partial charge in [-0.05, 0) is 18.2 Å². The van der Waals surface area contributed by atoms with Gasteiger partial charge in [-0.3, -0.25) is 4.72 Å². The van der Waals surface area contributed by atoms with Crippen molar-refractivity contribution in [1.82, 2.24) is 4.98 Å². The van der Waals surface area contributed by atoms with Gasteiger partial charge in [0.05, 0.1) is 12.7 Å². The number of anilines is 2. The average Bonchev–Trinajstić information content (AvgIpc) is 2.90. The quantitative estimate of drug-likeness (QED) is 0.650. The molecular formula is C11H11N3O4S2. The highest BCUT2D eigenvalue weighted by Crippen LogP contribution is 2.23. The van der Waals surface area contributed by atoms with Crippen LogP contribution in [0.5, 0.6) is 0 Å². The Morgan fingerprint density at radius 3 is 2.80 bits per heavy atom. The summed E-state index contributed by atoms with van der Waals surface area (Å²) in [7, 11) is -2.80. The zero-order chi connectivity index (χ0) is 14.8. The number of hydrogen-bond donors (Lipinski definition) is 2. The zero-order valence-electron chi connectivity index (χ0n) is 10.4. The minimum atomic E-state index is -3.97. The Bertz CT molecular complexity index is 726. The maximum atomic E-state index is 12.3. The smallest absolute Gasteiger partial charge is 0.339 e. The van der Waals surface area contributed by atoms with E-state index >= 15 is 0 Å². The monoisotopic (exact) mass is 313 g/mol. The molecule has 0 bridgehead atoms. The molecule has 1 aromatic heterocycles. The number of carbonyl (C=O) groups excluding carboxylic acids is 1. The Hall–Kier alpha value is -2.13. The second kappa shape index (κ2) is 5.47. The van der Waals surface area contributed by atoms with Crippen LogP contribution in [0, 0.1) is 0 Å². The molecule has 0 saturated carbocycles. The van der Waals surface area contributed by atoms with Gasteiger partial charge < -0.3 is 10.5 Å². The zero-order valence-corrected chi connectivity index (χ0v) is 12.0. The standard InChI is InChI=1S/C11H11N3O4S2/c1-18-10(15)8-3-2-7(12)6-9(8)20(16,17)14-11-13-4-5-19-11/h2-6H,12H2,1H3,(H,13,14). The second-order valence-electron chi connectivity index (χ2n) is 3.69. The van der Waals surface area contributed by atoms with Crippen LogP contribution in [0.15, 0.2) is 34.7 Å². The molecule has 0 fully saturated rings. The third-order valence-corrected chi connectivity index (χ3v) is 4.55. The van der Waals surface area contributed by atoms with Gasteiger partial charge in [0.2, 0.25) is 0 Å². The van der Waals surface area contributed by atoms with Crippen molar-refractivity contribution >= 4 is 38.1 Å². The van der Waals surface area contributed by atoms with E-state index in [4.69, 9.17) is 5.73 Å². The molecule has 0 atom stereocenters. The van der Waals surface area contributed by atoms with Crippen molar-refractivity contribution in [2.45, 2.75) is 4.90 Å². The lowest BCUT2D eigenvalue weighted by Gasteiger charge is -2.10. The third-order valence-electron chi connectivity index (χ3n) is 2.35. The maximum Gasteiger partial charge on any atom is 0.339 e. The van der Waals surface area contributed by atoms with Gasteiger partial charge in [-0.15, -0.1) is 11.3 Å². The number of ether oxygens (including phenoxy) is 1. The van der Waals surface area contributed by atoms with Crippen molar-refractivity contribution < 1.29 is 17.9 Å². The molecule has 0 radical (unpaired) electrons. The summed E-state index contributed by atoms with van der Waals surface area (Å²) in [5.74, 6) is -0.760. The SMILES string of the molecule is COC(=O)c1ccc(N)cc1S(=O)(=O)Nc1nccs1. The highest BCUT2D eigenvalue weighted by atomic mass is 32.2. The molecule has 1 aromatic carbocycles. The summed E-state index contributed by atoms with van der Waals surface area (Å²) in [5, 5.41) is 1.82. The lowest BCUT2D eigenvalue weighted by atomic mass is 10.2. The van der Waals surface area contributed by atoms with Gasteiger partial charge >= 0.3 is 5.97 Å². The molecule has 0 spiro atoms. The van der Waals surface area contributed by atoms with Crippen LogP contribution in [0.4, 0.5) is 10.8 Å². The first-order valence-corrected chi connectivity index (χ1v) is 7.70. The number of sulfonamides is 1. The first-order chi connectivity index (χ1) is 9.44. The number of thiazole rings is 1. The van der Waals surface area contributed by atoms with Crippen molar-refractivity contribution in [1.29, 1.82) is 0 Å². The van der Waals surface area contributed by atoms with Gasteiger partial charge in [-0.2, -0.15) is 0 Å². The van der Waals surface area contributed by atoms with E-state index in [0.29, 0.717) is 0 Å². The molecule has 0 saturated heterocycles. The molecule has 1 heterocycles. The first-order valence-electron chi connectivity index (χ1n) is 5.34. The van der Waals surface area contributed by atoms with E-state index in [1.807, 2.05) is 0 Å². The van der Waals surface area contributed by atoms with Crippen LogP contribution in [0.1, 0.15) is 10.4 Å². The summed E-state index contributed by atoms with van der Waals surface area (Å²) in [6.45, 7) is 0. The predicted molar refractivity (Wildman–Crippen MR) is 75.1 cm³/mol. The number of rotatable bonds is 4. The Kier molecular flexibility index (Phi) is 3.91. The Morgan fingerprint density at radius 1 is 1.45 bits per heavy atom. The van der Waals surface area contributed by atoms with E-state index < -0.39 is 16.0 Å². The van der Waals surface area contributed by atoms with Crippen LogP contribution in [-0.2, 0) is 14.8 Å². The molecule has 0 unspecified atom stereocenters. The van der Waals surface area contributed by atoms with E-state index in [1.165, 1.54) is 31.5 Å². The van der Waals surface area contributed by atoms with Crippen LogP contribution in [0.25, 0.3) is 0 Å². The Labute approximate surface area is 119 Å². The number of nitrogens with one attached hydrogen (secondary N) is 1. The largest absolute Gasteiger partial charge is 0.465 e. The Balaban J connectivity index is 2.50. The minimum Gasteiger partial charge on any atom is -0.465 e. The van der Waals surface area contributed by atoms with Gasteiger partial charge in [0, 0.05) is 17.3 Å². The van der Waals surface area contributed by atoms with Crippen LogP contribution in [0.2, 0.25) is 0 Å². The molecule has 0 aliphatic carbocycles. The summed E-state index contributed by atoms with van der Waals surface area (Å²) < 4.78 is 31.4. The molecule has 2 aromatic rings. The van der Waals surface area contributed by atoms with E-state index in [1.54, 1.807) is 5.38 Å². The number of nitrogens with two attached hydrogens (primary N) is 1. The third kappa shape index (κ3) is 2.89. The van der Waals surface area contributed by atoms with Crippen molar-refractivity contribution in [3.05, 3.63) is 35.3 Å². The molecule has 7 nitrogen and oxygen atoms in total. The van der Waals surface area contributed by atoms with Gasteiger partial charge in [-0.1, -0.05) is 0 Å². The summed E-state index contributed by atoms with van der Waals surface area (Å²) in [4.78, 5) is 15.2. The number of hydrogen-bond acceptors (Lipinski definition) is 7. The average molecular weight is 313 g/mol.